The predicted octanol–water partition coefficient (Wildman–Crippen LogP) is 3.83. The van der Waals surface area contributed by atoms with E-state index in [1.54, 1.807) is 60.8 Å². The summed E-state index contributed by atoms with van der Waals surface area (Å²) in [4.78, 5) is 28.0. The van der Waals surface area contributed by atoms with Gasteiger partial charge in [-0.05, 0) is 57.9 Å². The maximum absolute atomic E-state index is 12.3. The number of hydrazone groups is 1. The van der Waals surface area contributed by atoms with Gasteiger partial charge in [0.2, 0.25) is 0 Å². The van der Waals surface area contributed by atoms with Crippen LogP contribution in [0.3, 0.4) is 0 Å². The van der Waals surface area contributed by atoms with Crippen molar-refractivity contribution in [1.82, 2.24) is 10.4 Å². The van der Waals surface area contributed by atoms with Gasteiger partial charge in [-0.25, -0.2) is 10.2 Å². The van der Waals surface area contributed by atoms with Crippen LogP contribution in [0, 0.1) is 0 Å². The molecule has 6 nitrogen and oxygen atoms in total. The number of hydrogen-bond donors (Lipinski definition) is 1. The van der Waals surface area contributed by atoms with Crippen molar-refractivity contribution >= 4 is 34.0 Å². The fourth-order valence-electron chi connectivity index (χ4n) is 2.17. The number of nitrogens with zero attached hydrogens (tertiary/aromatic N) is 2. The van der Waals surface area contributed by atoms with Gasteiger partial charge in [-0.1, -0.05) is 24.3 Å². The molecule has 1 amide bonds. The fourth-order valence-corrected chi connectivity index (χ4v) is 2.62. The topological polar surface area (TPSA) is 80.6 Å². The molecule has 7 heteroatoms. The third kappa shape index (κ3) is 5.08. The number of ether oxygens (including phenoxy) is 1. The van der Waals surface area contributed by atoms with Gasteiger partial charge in [0.25, 0.3) is 5.91 Å². The average Bonchev–Trinajstić information content (AvgIpc) is 2.69. The van der Waals surface area contributed by atoms with Gasteiger partial charge in [0.1, 0.15) is 5.75 Å². The SMILES string of the molecule is O=C(N/N=C/c1cccc(OC(=O)c2ccccc2Br)c1)c1cccnc1. The Morgan fingerprint density at radius 2 is 1.93 bits per heavy atom. The number of aromatic nitrogens is 1. The largest absolute Gasteiger partial charge is 0.423 e. The Balaban J connectivity index is 1.64. The van der Waals surface area contributed by atoms with Crippen LogP contribution in [0.25, 0.3) is 0 Å². The molecule has 0 aliphatic heterocycles. The number of halogens is 1. The Morgan fingerprint density at radius 3 is 2.70 bits per heavy atom. The highest BCUT2D eigenvalue weighted by Gasteiger charge is 2.11. The molecule has 1 aromatic heterocycles. The minimum absolute atomic E-state index is 0.365. The number of hydrogen-bond acceptors (Lipinski definition) is 5. The highest BCUT2D eigenvalue weighted by molar-refractivity contribution is 9.10. The zero-order valence-corrected chi connectivity index (χ0v) is 15.6. The van der Waals surface area contributed by atoms with Crippen molar-refractivity contribution in [2.75, 3.05) is 0 Å². The summed E-state index contributed by atoms with van der Waals surface area (Å²) < 4.78 is 6.05. The average molecular weight is 424 g/mol. The van der Waals surface area contributed by atoms with Gasteiger partial charge >= 0.3 is 5.97 Å². The minimum atomic E-state index is -0.471. The Morgan fingerprint density at radius 1 is 1.07 bits per heavy atom. The summed E-state index contributed by atoms with van der Waals surface area (Å²) in [6.07, 6.45) is 4.50. The second-order valence-corrected chi connectivity index (χ2v) is 6.24. The monoisotopic (exact) mass is 423 g/mol. The molecule has 0 aliphatic rings. The van der Waals surface area contributed by atoms with E-state index in [2.05, 4.69) is 31.4 Å². The number of carbonyl (C=O) groups is 2. The highest BCUT2D eigenvalue weighted by atomic mass is 79.9. The summed E-state index contributed by atoms with van der Waals surface area (Å²) >= 11 is 3.33. The third-order valence-electron chi connectivity index (χ3n) is 3.47. The molecule has 0 spiro atoms. The van der Waals surface area contributed by atoms with Crippen molar-refractivity contribution < 1.29 is 14.3 Å². The lowest BCUT2D eigenvalue weighted by atomic mass is 10.2. The van der Waals surface area contributed by atoms with E-state index < -0.39 is 5.97 Å². The third-order valence-corrected chi connectivity index (χ3v) is 4.16. The maximum atomic E-state index is 12.3. The molecule has 0 fully saturated rings. The van der Waals surface area contributed by atoms with Crippen LogP contribution < -0.4 is 10.2 Å². The van der Waals surface area contributed by atoms with Gasteiger partial charge in [0.05, 0.1) is 17.3 Å². The molecule has 3 rings (SSSR count). The van der Waals surface area contributed by atoms with Crippen molar-refractivity contribution in [3.8, 4) is 5.75 Å². The van der Waals surface area contributed by atoms with E-state index in [9.17, 15) is 9.59 Å². The molecule has 0 atom stereocenters. The molecule has 0 aliphatic carbocycles. The zero-order valence-electron chi connectivity index (χ0n) is 14.0. The smallest absolute Gasteiger partial charge is 0.344 e. The van der Waals surface area contributed by atoms with Crippen LogP contribution in [0.1, 0.15) is 26.3 Å². The standard InChI is InChI=1S/C20H14BrN3O3/c21-18-9-2-1-8-17(18)20(26)27-16-7-3-5-14(11-16)12-23-24-19(25)15-6-4-10-22-13-15/h1-13H,(H,24,25)/b23-12+. The zero-order chi connectivity index (χ0) is 19.1. The fraction of sp³-hybridized carbons (Fsp3) is 0. The van der Waals surface area contributed by atoms with Gasteiger partial charge in [0, 0.05) is 16.9 Å². The first-order valence-corrected chi connectivity index (χ1v) is 8.73. The minimum Gasteiger partial charge on any atom is -0.423 e. The van der Waals surface area contributed by atoms with Gasteiger partial charge < -0.3 is 4.74 Å². The number of carbonyl (C=O) groups excluding carboxylic acids is 2. The first-order chi connectivity index (χ1) is 13.1. The Hall–Kier alpha value is -3.32. The maximum Gasteiger partial charge on any atom is 0.344 e. The number of pyridine rings is 1. The van der Waals surface area contributed by atoms with E-state index in [4.69, 9.17) is 4.74 Å². The molecule has 134 valence electrons. The van der Waals surface area contributed by atoms with E-state index in [0.29, 0.717) is 26.9 Å². The summed E-state index contributed by atoms with van der Waals surface area (Å²) in [5.41, 5.74) is 3.92. The molecule has 1 heterocycles. The van der Waals surface area contributed by atoms with Crippen molar-refractivity contribution in [2.45, 2.75) is 0 Å². The normalized spacial score (nSPS) is 10.6. The highest BCUT2D eigenvalue weighted by Crippen LogP contribution is 2.19. The van der Waals surface area contributed by atoms with Crippen LogP contribution in [-0.4, -0.2) is 23.1 Å². The molecule has 0 bridgehead atoms. The van der Waals surface area contributed by atoms with E-state index >= 15 is 0 Å². The molecule has 0 unspecified atom stereocenters. The van der Waals surface area contributed by atoms with Gasteiger partial charge in [-0.15, -0.1) is 0 Å². The van der Waals surface area contributed by atoms with E-state index in [0.717, 1.165) is 0 Å². The second kappa shape index (κ2) is 8.86. The lowest BCUT2D eigenvalue weighted by Gasteiger charge is -2.06. The van der Waals surface area contributed by atoms with Gasteiger partial charge in [-0.2, -0.15) is 5.10 Å². The number of amides is 1. The Kier molecular flexibility index (Phi) is 6.06. The summed E-state index contributed by atoms with van der Waals surface area (Å²) in [6.45, 7) is 0. The van der Waals surface area contributed by atoms with Crippen molar-refractivity contribution in [1.29, 1.82) is 0 Å². The lowest BCUT2D eigenvalue weighted by Crippen LogP contribution is -2.17. The second-order valence-electron chi connectivity index (χ2n) is 5.38. The van der Waals surface area contributed by atoms with E-state index in [1.165, 1.54) is 12.4 Å². The van der Waals surface area contributed by atoms with Crippen molar-refractivity contribution in [3.05, 3.63) is 94.2 Å². The number of nitrogens with one attached hydrogen (secondary N) is 1. The molecule has 0 radical (unpaired) electrons. The molecular formula is C20H14BrN3O3. The summed E-state index contributed by atoms with van der Waals surface area (Å²) in [6, 6.07) is 17.1. The molecular weight excluding hydrogens is 410 g/mol. The summed E-state index contributed by atoms with van der Waals surface area (Å²) in [5.74, 6) is -0.462. The first kappa shape index (κ1) is 18.5. The molecule has 27 heavy (non-hydrogen) atoms. The van der Waals surface area contributed by atoms with Crippen molar-refractivity contribution in [2.24, 2.45) is 5.10 Å². The van der Waals surface area contributed by atoms with Crippen LogP contribution >= 0.6 is 15.9 Å². The van der Waals surface area contributed by atoms with E-state index in [1.807, 2.05) is 6.07 Å². The van der Waals surface area contributed by atoms with Gasteiger partial charge in [0.15, 0.2) is 0 Å². The van der Waals surface area contributed by atoms with E-state index in [-0.39, 0.29) is 5.91 Å². The number of benzene rings is 2. The van der Waals surface area contributed by atoms with Crippen molar-refractivity contribution in [3.63, 3.8) is 0 Å². The Bertz CT molecular complexity index is 991. The molecule has 3 aromatic rings. The summed E-state index contributed by atoms with van der Waals surface area (Å²) in [7, 11) is 0. The number of esters is 1. The quantitative estimate of drug-likeness (QED) is 0.292. The van der Waals surface area contributed by atoms with Crippen LogP contribution in [0.5, 0.6) is 5.75 Å². The first-order valence-electron chi connectivity index (χ1n) is 7.94. The predicted molar refractivity (Wildman–Crippen MR) is 105 cm³/mol. The Labute approximate surface area is 164 Å². The molecule has 1 N–H and O–H groups in total. The lowest BCUT2D eigenvalue weighted by molar-refractivity contribution is 0.0733. The molecule has 2 aromatic carbocycles. The van der Waals surface area contributed by atoms with Crippen LogP contribution in [0.15, 0.2) is 82.6 Å². The van der Waals surface area contributed by atoms with Crippen LogP contribution in [0.4, 0.5) is 0 Å². The molecule has 0 saturated heterocycles. The van der Waals surface area contributed by atoms with Crippen LogP contribution in [0.2, 0.25) is 0 Å². The number of rotatable bonds is 5. The molecule has 0 saturated carbocycles. The summed E-state index contributed by atoms with van der Waals surface area (Å²) in [5, 5.41) is 3.91. The van der Waals surface area contributed by atoms with Gasteiger partial charge in [-0.3, -0.25) is 9.78 Å². The van der Waals surface area contributed by atoms with Crippen LogP contribution in [-0.2, 0) is 0 Å².